The van der Waals surface area contributed by atoms with Gasteiger partial charge in [-0.1, -0.05) is 39.0 Å². The van der Waals surface area contributed by atoms with Crippen LogP contribution in [0.25, 0.3) is 16.7 Å². The summed E-state index contributed by atoms with van der Waals surface area (Å²) in [5.41, 5.74) is 3.46. The third kappa shape index (κ3) is 5.44. The first kappa shape index (κ1) is 21.9. The summed E-state index contributed by atoms with van der Waals surface area (Å²) in [6, 6.07) is 11.3. The maximum atomic E-state index is 11.5. The van der Waals surface area contributed by atoms with E-state index in [1.165, 1.54) is 11.9 Å². The van der Waals surface area contributed by atoms with Gasteiger partial charge in [0, 0.05) is 12.0 Å². The lowest BCUT2D eigenvalue weighted by molar-refractivity contribution is -0.140. The van der Waals surface area contributed by atoms with E-state index in [0.717, 1.165) is 22.2 Å². The molecule has 0 aliphatic carbocycles. The molecule has 0 atom stereocenters. The number of aromatic hydroxyl groups is 1. The minimum Gasteiger partial charge on any atom is -0.505 e. The number of esters is 1. The van der Waals surface area contributed by atoms with Crippen LogP contribution < -0.4 is 0 Å². The molecule has 0 radical (unpaired) electrons. The Kier molecular flexibility index (Phi) is 6.64. The van der Waals surface area contributed by atoms with Crippen LogP contribution in [0.1, 0.15) is 38.3 Å². The van der Waals surface area contributed by atoms with E-state index in [1.807, 2.05) is 57.2 Å². The Bertz CT molecular complexity index is 1100. The van der Waals surface area contributed by atoms with Crippen LogP contribution in [0.2, 0.25) is 0 Å². The van der Waals surface area contributed by atoms with Crippen molar-refractivity contribution in [2.24, 2.45) is 0 Å². The van der Waals surface area contributed by atoms with E-state index >= 15 is 0 Å². The standard InChI is InChI=1S/C20H23N3O3.C2H3N3/c1-20(2,3)14-11-13(9-10-18(24)26-4)12-17(19(14)25)23-21-15-7-5-6-8-16(15)22-23;1-2-4-5-3-1/h5-8,11-12,25H,9-10H2,1-4H3;1-2H,(H,3,4,5). The molecule has 2 N–H and O–H groups in total. The lowest BCUT2D eigenvalue weighted by atomic mass is 9.84. The van der Waals surface area contributed by atoms with E-state index in [0.29, 0.717) is 12.1 Å². The molecule has 0 spiro atoms. The third-order valence-corrected chi connectivity index (χ3v) is 4.64. The highest BCUT2D eigenvalue weighted by molar-refractivity contribution is 5.74. The Balaban J connectivity index is 0.000000478. The molecular formula is C22H26N6O3. The van der Waals surface area contributed by atoms with Gasteiger partial charge in [0.05, 0.1) is 19.5 Å². The molecule has 162 valence electrons. The van der Waals surface area contributed by atoms with Gasteiger partial charge in [0.1, 0.15) is 22.5 Å². The van der Waals surface area contributed by atoms with Crippen molar-refractivity contribution in [1.82, 2.24) is 30.4 Å². The number of hydrogen-bond donors (Lipinski definition) is 2. The number of hydrogen-bond acceptors (Lipinski definition) is 7. The summed E-state index contributed by atoms with van der Waals surface area (Å²) in [5, 5.41) is 29.1. The minimum absolute atomic E-state index is 0.152. The highest BCUT2D eigenvalue weighted by atomic mass is 16.5. The summed E-state index contributed by atoms with van der Waals surface area (Å²) in [4.78, 5) is 13.0. The lowest BCUT2D eigenvalue weighted by Gasteiger charge is -2.23. The zero-order valence-corrected chi connectivity index (χ0v) is 18.0. The van der Waals surface area contributed by atoms with Crippen LogP contribution in [0.5, 0.6) is 5.75 Å². The first-order valence-electron chi connectivity index (χ1n) is 9.85. The molecule has 9 nitrogen and oxygen atoms in total. The number of fused-ring (bicyclic) bond motifs is 1. The molecule has 4 rings (SSSR count). The predicted octanol–water partition coefficient (Wildman–Crippen LogP) is 3.33. The highest BCUT2D eigenvalue weighted by Gasteiger charge is 2.23. The molecular weight excluding hydrogens is 396 g/mol. The summed E-state index contributed by atoms with van der Waals surface area (Å²) in [5.74, 6) is -0.112. The number of carbonyl (C=O) groups excluding carboxylic acids is 1. The van der Waals surface area contributed by atoms with Gasteiger partial charge in [-0.3, -0.25) is 4.79 Å². The normalized spacial score (nSPS) is 11.1. The lowest BCUT2D eigenvalue weighted by Crippen LogP contribution is -2.14. The Hall–Kier alpha value is -3.75. The summed E-state index contributed by atoms with van der Waals surface area (Å²) in [6.45, 7) is 6.09. The second kappa shape index (κ2) is 9.38. The third-order valence-electron chi connectivity index (χ3n) is 4.64. The summed E-state index contributed by atoms with van der Waals surface area (Å²) in [7, 11) is 1.38. The highest BCUT2D eigenvalue weighted by Crippen LogP contribution is 2.36. The zero-order valence-electron chi connectivity index (χ0n) is 18.0. The molecule has 2 aromatic heterocycles. The molecule has 0 fully saturated rings. The number of carbonyl (C=O) groups is 1. The van der Waals surface area contributed by atoms with Gasteiger partial charge in [0.15, 0.2) is 0 Å². The maximum Gasteiger partial charge on any atom is 0.305 e. The zero-order chi connectivity index (χ0) is 22.4. The number of rotatable bonds is 4. The molecule has 9 heteroatoms. The summed E-state index contributed by atoms with van der Waals surface area (Å²) < 4.78 is 4.73. The van der Waals surface area contributed by atoms with Crippen LogP contribution in [-0.4, -0.2) is 48.6 Å². The molecule has 2 heterocycles. The first-order valence-corrected chi connectivity index (χ1v) is 9.85. The fraction of sp³-hybridized carbons (Fsp3) is 0.318. The second-order valence-electron chi connectivity index (χ2n) is 7.97. The van der Waals surface area contributed by atoms with Crippen LogP contribution in [0.3, 0.4) is 0 Å². The van der Waals surface area contributed by atoms with Crippen molar-refractivity contribution >= 4 is 17.0 Å². The number of nitrogens with zero attached hydrogens (tertiary/aromatic N) is 5. The van der Waals surface area contributed by atoms with Gasteiger partial charge < -0.3 is 9.84 Å². The molecule has 0 unspecified atom stereocenters. The molecule has 4 aromatic rings. The predicted molar refractivity (Wildman–Crippen MR) is 116 cm³/mol. The Labute approximate surface area is 180 Å². The van der Waals surface area contributed by atoms with Crippen molar-refractivity contribution < 1.29 is 14.6 Å². The molecule has 0 aliphatic heterocycles. The SMILES string of the molecule is COC(=O)CCc1cc(-n2nc3ccccc3n2)c(O)c(C(C)(C)C)c1.c1cn[nH]n1. The maximum absolute atomic E-state index is 11.5. The molecule has 0 amide bonds. The number of ether oxygens (including phenoxy) is 1. The number of aromatic nitrogens is 6. The quantitative estimate of drug-likeness (QED) is 0.484. The van der Waals surface area contributed by atoms with Crippen LogP contribution >= 0.6 is 0 Å². The monoisotopic (exact) mass is 422 g/mol. The van der Waals surface area contributed by atoms with Crippen LogP contribution in [0.4, 0.5) is 0 Å². The van der Waals surface area contributed by atoms with Gasteiger partial charge in [0.25, 0.3) is 0 Å². The average molecular weight is 422 g/mol. The van der Waals surface area contributed by atoms with Gasteiger partial charge in [-0.2, -0.15) is 15.4 Å². The van der Waals surface area contributed by atoms with Crippen LogP contribution in [0.15, 0.2) is 48.8 Å². The van der Waals surface area contributed by atoms with E-state index in [-0.39, 0.29) is 23.6 Å². The van der Waals surface area contributed by atoms with Crippen LogP contribution in [0, 0.1) is 0 Å². The number of phenolic OH excluding ortho intramolecular Hbond substituents is 1. The second-order valence-corrected chi connectivity index (χ2v) is 7.97. The first-order chi connectivity index (χ1) is 14.8. The number of aryl methyl sites for hydroxylation is 1. The van der Waals surface area contributed by atoms with Gasteiger partial charge >= 0.3 is 5.97 Å². The van der Waals surface area contributed by atoms with Crippen molar-refractivity contribution in [3.05, 3.63) is 59.9 Å². The molecule has 0 bridgehead atoms. The summed E-state index contributed by atoms with van der Waals surface area (Å²) in [6.07, 6.45) is 3.96. The van der Waals surface area contributed by atoms with E-state index < -0.39 is 0 Å². The number of phenols is 1. The molecule has 0 saturated heterocycles. The van der Waals surface area contributed by atoms with Gasteiger partial charge in [-0.05, 0) is 35.6 Å². The number of nitrogens with one attached hydrogen (secondary N) is 1. The molecule has 0 aliphatic rings. The fourth-order valence-electron chi connectivity index (χ4n) is 3.03. The van der Waals surface area contributed by atoms with Crippen molar-refractivity contribution in [2.75, 3.05) is 7.11 Å². The van der Waals surface area contributed by atoms with E-state index in [2.05, 4.69) is 25.6 Å². The Morgan fingerprint density at radius 2 is 1.71 bits per heavy atom. The number of H-pyrrole nitrogens is 1. The number of aromatic amines is 1. The smallest absolute Gasteiger partial charge is 0.305 e. The van der Waals surface area contributed by atoms with Crippen LogP contribution in [-0.2, 0) is 21.4 Å². The largest absolute Gasteiger partial charge is 0.505 e. The fourth-order valence-corrected chi connectivity index (χ4v) is 3.03. The minimum atomic E-state index is -0.271. The Morgan fingerprint density at radius 1 is 1.10 bits per heavy atom. The van der Waals surface area contributed by atoms with Crippen molar-refractivity contribution in [2.45, 2.75) is 39.0 Å². The average Bonchev–Trinajstić information content (AvgIpc) is 3.44. The van der Waals surface area contributed by atoms with Crippen molar-refractivity contribution in [3.8, 4) is 11.4 Å². The van der Waals surface area contributed by atoms with Gasteiger partial charge in [-0.15, -0.1) is 15.0 Å². The van der Waals surface area contributed by atoms with Gasteiger partial charge in [-0.25, -0.2) is 0 Å². The molecule has 2 aromatic carbocycles. The summed E-state index contributed by atoms with van der Waals surface area (Å²) >= 11 is 0. The molecule has 31 heavy (non-hydrogen) atoms. The van der Waals surface area contributed by atoms with Crippen molar-refractivity contribution in [3.63, 3.8) is 0 Å². The van der Waals surface area contributed by atoms with Gasteiger partial charge in [0.2, 0.25) is 0 Å². The van der Waals surface area contributed by atoms with E-state index in [9.17, 15) is 9.90 Å². The number of benzene rings is 2. The van der Waals surface area contributed by atoms with Crippen molar-refractivity contribution in [1.29, 1.82) is 0 Å². The Morgan fingerprint density at radius 3 is 2.19 bits per heavy atom. The van der Waals surface area contributed by atoms with E-state index in [1.54, 1.807) is 12.4 Å². The van der Waals surface area contributed by atoms with E-state index in [4.69, 9.17) is 4.74 Å². The topological polar surface area (TPSA) is 119 Å². The number of methoxy groups -OCH3 is 1. The molecule has 0 saturated carbocycles.